The molecule has 1 unspecified atom stereocenters. The van der Waals surface area contributed by atoms with Gasteiger partial charge in [0.1, 0.15) is 11.7 Å². The molecule has 7 nitrogen and oxygen atoms in total. The van der Waals surface area contributed by atoms with Crippen LogP contribution in [0.15, 0.2) is 47.1 Å². The Morgan fingerprint density at radius 2 is 2.04 bits per heavy atom. The molecule has 3 N–H and O–H groups in total. The van der Waals surface area contributed by atoms with Crippen LogP contribution in [-0.4, -0.2) is 21.4 Å². The summed E-state index contributed by atoms with van der Waals surface area (Å²) in [5, 5.41) is 2.72. The number of aryl methyl sites for hydroxylation is 1. The number of nitrogens with two attached hydrogens (primary N) is 1. The number of nitrogens with zero attached hydrogens (tertiary/aromatic N) is 3. The van der Waals surface area contributed by atoms with E-state index in [0.717, 1.165) is 5.69 Å². The van der Waals surface area contributed by atoms with E-state index in [-0.39, 0.29) is 5.95 Å². The topological polar surface area (TPSA) is 107 Å². The molecule has 0 fully saturated rings. The maximum Gasteiger partial charge on any atom is 0.220 e. The summed E-state index contributed by atoms with van der Waals surface area (Å²) in [6, 6.07) is 10.3. The first-order chi connectivity index (χ1) is 11.2. The molecule has 0 aliphatic rings. The molecule has 0 saturated heterocycles. The molecule has 0 radical (unpaired) electrons. The van der Waals surface area contributed by atoms with E-state index in [4.69, 9.17) is 10.2 Å². The first-order valence-corrected chi connectivity index (χ1v) is 6.99. The van der Waals surface area contributed by atoms with Crippen LogP contribution in [0.25, 0.3) is 11.5 Å². The molecule has 1 amide bonds. The van der Waals surface area contributed by atoms with E-state index in [0.29, 0.717) is 29.3 Å². The normalized spacial score (nSPS) is 11.9. The minimum atomic E-state index is -0.522. The molecule has 0 aliphatic carbocycles. The van der Waals surface area contributed by atoms with Crippen molar-refractivity contribution in [2.24, 2.45) is 0 Å². The summed E-state index contributed by atoms with van der Waals surface area (Å²) >= 11 is 0. The number of carbonyl (C=O) groups excluding carboxylic acids is 1. The molecular formula is C16H15N5O2. The highest BCUT2D eigenvalue weighted by atomic mass is 16.3. The number of nitrogens with one attached hydrogen (secondary N) is 1. The van der Waals surface area contributed by atoms with Gasteiger partial charge in [0.05, 0.1) is 17.7 Å². The number of carbonyl (C=O) groups is 1. The molecule has 1 atom stereocenters. The zero-order valence-electron chi connectivity index (χ0n) is 12.4. The zero-order valence-corrected chi connectivity index (χ0v) is 12.4. The highest BCUT2D eigenvalue weighted by Gasteiger charge is 2.19. The highest BCUT2D eigenvalue weighted by molar-refractivity contribution is 5.56. The Kier molecular flexibility index (Phi) is 4.01. The van der Waals surface area contributed by atoms with E-state index < -0.39 is 6.04 Å². The molecule has 3 heterocycles. The smallest absolute Gasteiger partial charge is 0.220 e. The Balaban J connectivity index is 2.08. The SMILES string of the molecule is Cc1cccc(C(NC=O)c2cc(-c3ccco3)nc(N)n2)n1. The molecule has 0 saturated carbocycles. The number of amides is 1. The van der Waals surface area contributed by atoms with Crippen molar-refractivity contribution >= 4 is 12.4 Å². The van der Waals surface area contributed by atoms with Crippen LogP contribution < -0.4 is 11.1 Å². The van der Waals surface area contributed by atoms with Gasteiger partial charge in [-0.1, -0.05) is 6.07 Å². The average molecular weight is 309 g/mol. The summed E-state index contributed by atoms with van der Waals surface area (Å²) in [6.07, 6.45) is 2.16. The number of hydrogen-bond acceptors (Lipinski definition) is 6. The van der Waals surface area contributed by atoms with Crippen molar-refractivity contribution in [3.05, 3.63) is 59.7 Å². The van der Waals surface area contributed by atoms with Gasteiger partial charge in [0.2, 0.25) is 12.4 Å². The predicted molar refractivity (Wildman–Crippen MR) is 84.2 cm³/mol. The van der Waals surface area contributed by atoms with Crippen LogP contribution in [0.5, 0.6) is 0 Å². The van der Waals surface area contributed by atoms with Crippen LogP contribution in [0.1, 0.15) is 23.1 Å². The van der Waals surface area contributed by atoms with Gasteiger partial charge in [-0.05, 0) is 37.3 Å². The van der Waals surface area contributed by atoms with E-state index in [2.05, 4.69) is 20.3 Å². The second-order valence-corrected chi connectivity index (χ2v) is 4.93. The fraction of sp³-hybridized carbons (Fsp3) is 0.125. The van der Waals surface area contributed by atoms with Crippen molar-refractivity contribution in [3.8, 4) is 11.5 Å². The molecule has 3 rings (SSSR count). The molecule has 0 aliphatic heterocycles. The summed E-state index contributed by atoms with van der Waals surface area (Å²) < 4.78 is 5.34. The maximum absolute atomic E-state index is 11.0. The number of aromatic nitrogens is 3. The van der Waals surface area contributed by atoms with E-state index in [1.807, 2.05) is 25.1 Å². The zero-order chi connectivity index (χ0) is 16.2. The molecule has 116 valence electrons. The Morgan fingerprint density at radius 1 is 1.17 bits per heavy atom. The van der Waals surface area contributed by atoms with Gasteiger partial charge in [-0.2, -0.15) is 0 Å². The fourth-order valence-electron chi connectivity index (χ4n) is 2.30. The van der Waals surface area contributed by atoms with Crippen LogP contribution in [0, 0.1) is 6.92 Å². The summed E-state index contributed by atoms with van der Waals surface area (Å²) in [4.78, 5) is 23.9. The van der Waals surface area contributed by atoms with E-state index in [1.54, 1.807) is 24.5 Å². The quantitative estimate of drug-likeness (QED) is 0.697. The Bertz CT molecular complexity index is 817. The fourth-order valence-corrected chi connectivity index (χ4v) is 2.30. The lowest BCUT2D eigenvalue weighted by molar-refractivity contribution is -0.110. The highest BCUT2D eigenvalue weighted by Crippen LogP contribution is 2.24. The van der Waals surface area contributed by atoms with Crippen LogP contribution in [0.2, 0.25) is 0 Å². The van der Waals surface area contributed by atoms with Gasteiger partial charge < -0.3 is 15.5 Å². The standard InChI is InChI=1S/C16H15N5O2/c1-10-4-2-5-11(19-10)15(18-9-22)13-8-12(20-16(17)21-13)14-6-3-7-23-14/h2-9,15H,1H3,(H,18,22)(H2,17,20,21). The lowest BCUT2D eigenvalue weighted by Crippen LogP contribution is -2.23. The monoisotopic (exact) mass is 309 g/mol. The summed E-state index contributed by atoms with van der Waals surface area (Å²) in [5.74, 6) is 0.668. The van der Waals surface area contributed by atoms with Gasteiger partial charge >= 0.3 is 0 Å². The lowest BCUT2D eigenvalue weighted by atomic mass is 10.1. The molecule has 3 aromatic rings. The number of pyridine rings is 1. The molecule has 0 spiro atoms. The molecule has 3 aromatic heterocycles. The van der Waals surface area contributed by atoms with Gasteiger partial charge in [0, 0.05) is 5.69 Å². The second kappa shape index (κ2) is 6.27. The molecule has 0 aromatic carbocycles. The van der Waals surface area contributed by atoms with E-state index in [9.17, 15) is 4.79 Å². The van der Waals surface area contributed by atoms with Crippen molar-refractivity contribution in [2.45, 2.75) is 13.0 Å². The van der Waals surface area contributed by atoms with Gasteiger partial charge in [0.15, 0.2) is 5.76 Å². The first-order valence-electron chi connectivity index (χ1n) is 6.99. The third kappa shape index (κ3) is 3.18. The molecule has 23 heavy (non-hydrogen) atoms. The van der Waals surface area contributed by atoms with Gasteiger partial charge in [-0.25, -0.2) is 9.97 Å². The first kappa shape index (κ1) is 14.7. The van der Waals surface area contributed by atoms with Gasteiger partial charge in [-0.15, -0.1) is 0 Å². The number of furan rings is 1. The van der Waals surface area contributed by atoms with Crippen LogP contribution in [-0.2, 0) is 4.79 Å². The van der Waals surface area contributed by atoms with Crippen LogP contribution in [0.4, 0.5) is 5.95 Å². The summed E-state index contributed by atoms with van der Waals surface area (Å²) in [7, 11) is 0. The van der Waals surface area contributed by atoms with Gasteiger partial charge in [-0.3, -0.25) is 9.78 Å². The van der Waals surface area contributed by atoms with E-state index >= 15 is 0 Å². The third-order valence-corrected chi connectivity index (χ3v) is 3.27. The Labute approximate surface area is 132 Å². The minimum Gasteiger partial charge on any atom is -0.463 e. The number of hydrogen-bond donors (Lipinski definition) is 2. The molecule has 7 heteroatoms. The molecule has 0 bridgehead atoms. The maximum atomic E-state index is 11.0. The predicted octanol–water partition coefficient (Wildman–Crippen LogP) is 1.86. The average Bonchev–Trinajstić information content (AvgIpc) is 3.06. The largest absolute Gasteiger partial charge is 0.463 e. The Hall–Kier alpha value is -3.22. The van der Waals surface area contributed by atoms with Crippen molar-refractivity contribution < 1.29 is 9.21 Å². The lowest BCUT2D eigenvalue weighted by Gasteiger charge is -2.16. The number of nitrogen functional groups attached to an aromatic ring is 1. The number of anilines is 1. The van der Waals surface area contributed by atoms with Crippen LogP contribution in [0.3, 0.4) is 0 Å². The molecular weight excluding hydrogens is 294 g/mol. The van der Waals surface area contributed by atoms with Crippen LogP contribution >= 0.6 is 0 Å². The van der Waals surface area contributed by atoms with Gasteiger partial charge in [0.25, 0.3) is 0 Å². The summed E-state index contributed by atoms with van der Waals surface area (Å²) in [6.45, 7) is 1.88. The number of rotatable bonds is 5. The third-order valence-electron chi connectivity index (χ3n) is 3.27. The van der Waals surface area contributed by atoms with Crippen molar-refractivity contribution in [1.82, 2.24) is 20.3 Å². The second-order valence-electron chi connectivity index (χ2n) is 4.93. The minimum absolute atomic E-state index is 0.0965. The van der Waals surface area contributed by atoms with Crippen molar-refractivity contribution in [1.29, 1.82) is 0 Å². The van der Waals surface area contributed by atoms with Crippen molar-refractivity contribution in [2.75, 3.05) is 5.73 Å². The Morgan fingerprint density at radius 3 is 2.74 bits per heavy atom. The van der Waals surface area contributed by atoms with Crippen molar-refractivity contribution in [3.63, 3.8) is 0 Å². The van der Waals surface area contributed by atoms with E-state index in [1.165, 1.54) is 0 Å². The summed E-state index contributed by atoms with van der Waals surface area (Å²) in [5.41, 5.74) is 8.40.